The second-order valence-electron chi connectivity index (χ2n) is 3.88. The normalized spacial score (nSPS) is 9.90. The van der Waals surface area contributed by atoms with Crippen molar-refractivity contribution in [2.75, 3.05) is 5.32 Å². The molecular formula is C14H7Br2ClN2O. The van der Waals surface area contributed by atoms with Gasteiger partial charge in [0.05, 0.1) is 16.3 Å². The van der Waals surface area contributed by atoms with Crippen LogP contribution in [0.4, 0.5) is 5.69 Å². The van der Waals surface area contributed by atoms with E-state index < -0.39 is 0 Å². The Hall–Kier alpha value is -1.35. The van der Waals surface area contributed by atoms with E-state index in [0.717, 1.165) is 4.47 Å². The van der Waals surface area contributed by atoms with E-state index in [0.29, 0.717) is 26.3 Å². The molecule has 0 bridgehead atoms. The van der Waals surface area contributed by atoms with E-state index in [9.17, 15) is 4.79 Å². The van der Waals surface area contributed by atoms with Crippen LogP contribution >= 0.6 is 43.5 Å². The third-order valence-corrected chi connectivity index (χ3v) is 4.24. The highest BCUT2D eigenvalue weighted by Gasteiger charge is 2.11. The van der Waals surface area contributed by atoms with Gasteiger partial charge in [0, 0.05) is 14.5 Å². The highest BCUT2D eigenvalue weighted by molar-refractivity contribution is 9.10. The quantitative estimate of drug-likeness (QED) is 0.753. The second kappa shape index (κ2) is 6.40. The number of nitriles is 1. The SMILES string of the molecule is N#Cc1ccc(Br)cc1NC(=O)c1ccc(Cl)c(Br)c1. The van der Waals surface area contributed by atoms with Crippen molar-refractivity contribution >= 4 is 55.1 Å². The Balaban J connectivity index is 2.30. The van der Waals surface area contributed by atoms with Crippen LogP contribution in [0.5, 0.6) is 0 Å². The molecule has 0 aromatic heterocycles. The van der Waals surface area contributed by atoms with Crippen molar-refractivity contribution < 1.29 is 4.79 Å². The lowest BCUT2D eigenvalue weighted by Gasteiger charge is -2.08. The predicted molar refractivity (Wildman–Crippen MR) is 86.0 cm³/mol. The molecule has 3 nitrogen and oxygen atoms in total. The first-order chi connectivity index (χ1) is 9.51. The van der Waals surface area contributed by atoms with E-state index in [1.807, 2.05) is 6.07 Å². The van der Waals surface area contributed by atoms with E-state index in [4.69, 9.17) is 16.9 Å². The largest absolute Gasteiger partial charge is 0.321 e. The van der Waals surface area contributed by atoms with E-state index >= 15 is 0 Å². The zero-order chi connectivity index (χ0) is 14.7. The number of carbonyl (C=O) groups is 1. The second-order valence-corrected chi connectivity index (χ2v) is 6.06. The third-order valence-electron chi connectivity index (χ3n) is 2.53. The molecular weight excluding hydrogens is 407 g/mol. The first-order valence-corrected chi connectivity index (χ1v) is 7.43. The van der Waals surface area contributed by atoms with Gasteiger partial charge in [0.1, 0.15) is 6.07 Å². The molecule has 0 saturated heterocycles. The van der Waals surface area contributed by atoms with E-state index in [1.54, 1.807) is 36.4 Å². The molecule has 2 aromatic carbocycles. The fourth-order valence-corrected chi connectivity index (χ4v) is 2.41. The monoisotopic (exact) mass is 412 g/mol. The molecule has 0 heterocycles. The molecule has 0 unspecified atom stereocenters. The summed E-state index contributed by atoms with van der Waals surface area (Å²) in [5.41, 5.74) is 1.30. The van der Waals surface area contributed by atoms with Gasteiger partial charge in [-0.15, -0.1) is 0 Å². The smallest absolute Gasteiger partial charge is 0.255 e. The number of nitrogens with one attached hydrogen (secondary N) is 1. The molecule has 0 saturated carbocycles. The Morgan fingerprint density at radius 3 is 2.60 bits per heavy atom. The Labute approximate surface area is 137 Å². The maximum atomic E-state index is 12.2. The lowest BCUT2D eigenvalue weighted by Crippen LogP contribution is -2.12. The summed E-state index contributed by atoms with van der Waals surface area (Å²) in [6.07, 6.45) is 0. The molecule has 0 aliphatic carbocycles. The molecule has 0 spiro atoms. The minimum absolute atomic E-state index is 0.308. The Morgan fingerprint density at radius 1 is 1.20 bits per heavy atom. The van der Waals surface area contributed by atoms with Crippen molar-refractivity contribution in [2.45, 2.75) is 0 Å². The van der Waals surface area contributed by atoms with Crippen LogP contribution in [0.3, 0.4) is 0 Å². The van der Waals surface area contributed by atoms with Gasteiger partial charge >= 0.3 is 0 Å². The molecule has 0 atom stereocenters. The van der Waals surface area contributed by atoms with Crippen LogP contribution in [0, 0.1) is 11.3 Å². The van der Waals surface area contributed by atoms with Crippen LogP contribution in [-0.4, -0.2) is 5.91 Å². The number of anilines is 1. The Kier molecular flexibility index (Phi) is 4.81. The zero-order valence-corrected chi connectivity index (χ0v) is 13.9. The fraction of sp³-hybridized carbons (Fsp3) is 0. The summed E-state index contributed by atoms with van der Waals surface area (Å²) < 4.78 is 1.42. The predicted octanol–water partition coefficient (Wildman–Crippen LogP) is 4.99. The summed E-state index contributed by atoms with van der Waals surface area (Å²) in [6.45, 7) is 0. The molecule has 20 heavy (non-hydrogen) atoms. The van der Waals surface area contributed by atoms with Gasteiger partial charge in [-0.1, -0.05) is 27.5 Å². The Morgan fingerprint density at radius 2 is 1.95 bits per heavy atom. The standard InChI is InChI=1S/C14H7Br2ClN2O/c15-10-3-1-9(7-18)13(6-10)19-14(20)8-2-4-12(17)11(16)5-8/h1-6H,(H,19,20). The third kappa shape index (κ3) is 3.40. The zero-order valence-electron chi connectivity index (χ0n) is 9.95. The van der Waals surface area contributed by atoms with Gasteiger partial charge in [0.15, 0.2) is 0 Å². The molecule has 2 aromatic rings. The maximum absolute atomic E-state index is 12.2. The number of amides is 1. The fourth-order valence-electron chi connectivity index (χ4n) is 1.55. The Bertz CT molecular complexity index is 726. The van der Waals surface area contributed by atoms with Crippen LogP contribution in [-0.2, 0) is 0 Å². The van der Waals surface area contributed by atoms with Crippen molar-refractivity contribution in [1.29, 1.82) is 5.26 Å². The number of hydrogen-bond acceptors (Lipinski definition) is 2. The van der Waals surface area contributed by atoms with Crippen LogP contribution < -0.4 is 5.32 Å². The summed E-state index contributed by atoms with van der Waals surface area (Å²) in [6, 6.07) is 12.0. The van der Waals surface area contributed by atoms with Gasteiger partial charge in [0.2, 0.25) is 0 Å². The van der Waals surface area contributed by atoms with Gasteiger partial charge in [-0.25, -0.2) is 0 Å². The maximum Gasteiger partial charge on any atom is 0.255 e. The van der Waals surface area contributed by atoms with Crippen molar-refractivity contribution in [1.82, 2.24) is 0 Å². The highest BCUT2D eigenvalue weighted by Crippen LogP contribution is 2.25. The number of hydrogen-bond donors (Lipinski definition) is 1. The lowest BCUT2D eigenvalue weighted by atomic mass is 10.1. The molecule has 0 radical (unpaired) electrons. The van der Waals surface area contributed by atoms with Crippen molar-refractivity contribution in [3.8, 4) is 6.07 Å². The van der Waals surface area contributed by atoms with E-state index in [2.05, 4.69) is 37.2 Å². The molecule has 0 aliphatic rings. The summed E-state index contributed by atoms with van der Waals surface area (Å²) >= 11 is 12.5. The molecule has 0 aliphatic heterocycles. The van der Waals surface area contributed by atoms with Crippen LogP contribution in [0.15, 0.2) is 45.3 Å². The van der Waals surface area contributed by atoms with Gasteiger partial charge in [-0.2, -0.15) is 5.26 Å². The minimum atomic E-state index is -0.308. The number of carbonyl (C=O) groups excluding carboxylic acids is 1. The molecule has 2 rings (SSSR count). The first-order valence-electron chi connectivity index (χ1n) is 5.47. The first kappa shape index (κ1) is 15.0. The topological polar surface area (TPSA) is 52.9 Å². The summed E-state index contributed by atoms with van der Waals surface area (Å²) in [4.78, 5) is 12.2. The van der Waals surface area contributed by atoms with Gasteiger partial charge in [0.25, 0.3) is 5.91 Å². The van der Waals surface area contributed by atoms with E-state index in [-0.39, 0.29) is 5.91 Å². The number of benzene rings is 2. The van der Waals surface area contributed by atoms with Gasteiger partial charge < -0.3 is 5.32 Å². The summed E-state index contributed by atoms with van der Waals surface area (Å²) in [5, 5.41) is 12.3. The van der Waals surface area contributed by atoms with Crippen molar-refractivity contribution in [2.24, 2.45) is 0 Å². The molecule has 1 N–H and O–H groups in total. The van der Waals surface area contributed by atoms with Crippen LogP contribution in [0.2, 0.25) is 5.02 Å². The number of rotatable bonds is 2. The van der Waals surface area contributed by atoms with Crippen LogP contribution in [0.25, 0.3) is 0 Å². The van der Waals surface area contributed by atoms with Crippen molar-refractivity contribution in [3.63, 3.8) is 0 Å². The van der Waals surface area contributed by atoms with E-state index in [1.165, 1.54) is 0 Å². The summed E-state index contributed by atoms with van der Waals surface area (Å²) in [5.74, 6) is -0.308. The molecule has 100 valence electrons. The van der Waals surface area contributed by atoms with Gasteiger partial charge in [-0.05, 0) is 52.3 Å². The summed E-state index contributed by atoms with van der Waals surface area (Å²) in [7, 11) is 0. The number of halogens is 3. The minimum Gasteiger partial charge on any atom is -0.321 e. The average molecular weight is 414 g/mol. The van der Waals surface area contributed by atoms with Crippen molar-refractivity contribution in [3.05, 3.63) is 61.5 Å². The van der Waals surface area contributed by atoms with Crippen LogP contribution in [0.1, 0.15) is 15.9 Å². The average Bonchev–Trinajstić information content (AvgIpc) is 2.42. The number of nitrogens with zero attached hydrogens (tertiary/aromatic N) is 1. The molecule has 1 amide bonds. The highest BCUT2D eigenvalue weighted by atomic mass is 79.9. The molecule has 6 heteroatoms. The molecule has 0 fully saturated rings. The lowest BCUT2D eigenvalue weighted by molar-refractivity contribution is 0.102. The van der Waals surface area contributed by atoms with Gasteiger partial charge in [-0.3, -0.25) is 4.79 Å².